The van der Waals surface area contributed by atoms with Crippen molar-refractivity contribution in [2.24, 2.45) is 5.41 Å². The molecular formula is C22H28FN3O5. The zero-order chi connectivity index (χ0) is 22.6. The molecule has 3 aliphatic carbocycles. The number of fused-ring (bicyclic) bond motifs is 3. The van der Waals surface area contributed by atoms with Crippen LogP contribution in [0.5, 0.6) is 0 Å². The Morgan fingerprint density at radius 3 is 2.13 bits per heavy atom. The molecule has 168 valence electrons. The van der Waals surface area contributed by atoms with Crippen molar-refractivity contribution in [3.63, 3.8) is 0 Å². The first kappa shape index (κ1) is 22.7. The number of alkyl halides is 1. The van der Waals surface area contributed by atoms with Crippen LogP contribution < -0.4 is 16.0 Å². The van der Waals surface area contributed by atoms with Crippen LogP contribution in [-0.4, -0.2) is 53.1 Å². The minimum absolute atomic E-state index is 0.311. The molecule has 2 bridgehead atoms. The number of nitrogens with one attached hydrogen (secondary N) is 3. The molecule has 9 heteroatoms. The number of benzene rings is 1. The van der Waals surface area contributed by atoms with Crippen LogP contribution in [0.4, 0.5) is 4.39 Å². The largest absolute Gasteiger partial charge is 0.480 e. The number of carbonyl (C=O) groups excluding carboxylic acids is 3. The first-order valence-electron chi connectivity index (χ1n) is 10.5. The van der Waals surface area contributed by atoms with Crippen LogP contribution in [0.1, 0.15) is 55.8 Å². The Morgan fingerprint density at radius 2 is 1.58 bits per heavy atom. The van der Waals surface area contributed by atoms with Crippen LogP contribution >= 0.6 is 0 Å². The highest BCUT2D eigenvalue weighted by Gasteiger charge is 2.54. The standard InChI is InChI=1S/C22H28FN3O5/c1-14(20(30)31)25-19(29)17(21-7-10-22(23,11-8-21)12-9-21)26-16(27)13-24-18(28)15-5-3-2-4-6-15/h2-6,14,17H,7-13H2,1H3,(H,24,28)(H,25,29)(H,26,27)(H,30,31)/t14-,17-,21?,22?/m0/s1. The van der Waals surface area contributed by atoms with Crippen LogP contribution in [0.15, 0.2) is 30.3 Å². The Bertz CT molecular complexity index is 835. The Kier molecular flexibility index (Phi) is 6.62. The molecule has 4 rings (SSSR count). The van der Waals surface area contributed by atoms with Crippen molar-refractivity contribution in [2.45, 2.75) is 63.2 Å². The van der Waals surface area contributed by atoms with Crippen LogP contribution in [0, 0.1) is 5.41 Å². The van der Waals surface area contributed by atoms with Gasteiger partial charge >= 0.3 is 5.97 Å². The molecular weight excluding hydrogens is 405 g/mol. The van der Waals surface area contributed by atoms with Crippen molar-refractivity contribution < 1.29 is 28.7 Å². The SMILES string of the molecule is C[C@H](NC(=O)[C@H](NC(=O)CNC(=O)c1ccccc1)C12CCC(F)(CC1)CC2)C(=O)O. The molecule has 2 atom stereocenters. The van der Waals surface area contributed by atoms with Crippen molar-refractivity contribution >= 4 is 23.7 Å². The molecule has 31 heavy (non-hydrogen) atoms. The number of carbonyl (C=O) groups is 4. The second kappa shape index (κ2) is 9.03. The molecule has 0 saturated heterocycles. The van der Waals surface area contributed by atoms with Crippen LogP contribution in [0.2, 0.25) is 0 Å². The van der Waals surface area contributed by atoms with E-state index in [1.165, 1.54) is 6.92 Å². The summed E-state index contributed by atoms with van der Waals surface area (Å²) in [4.78, 5) is 48.9. The fourth-order valence-electron chi connectivity index (χ4n) is 4.52. The van der Waals surface area contributed by atoms with Gasteiger partial charge in [-0.1, -0.05) is 18.2 Å². The number of hydrogen-bond acceptors (Lipinski definition) is 4. The van der Waals surface area contributed by atoms with Gasteiger partial charge in [-0.25, -0.2) is 4.39 Å². The summed E-state index contributed by atoms with van der Waals surface area (Å²) < 4.78 is 14.6. The normalized spacial score (nSPS) is 26.4. The maximum absolute atomic E-state index is 14.6. The minimum atomic E-state index is -1.22. The molecule has 1 aromatic rings. The van der Waals surface area contributed by atoms with E-state index in [1.807, 2.05) is 0 Å². The third-order valence-corrected chi connectivity index (χ3v) is 6.57. The topological polar surface area (TPSA) is 125 Å². The molecule has 3 saturated carbocycles. The van der Waals surface area contributed by atoms with Crippen molar-refractivity contribution in [3.05, 3.63) is 35.9 Å². The minimum Gasteiger partial charge on any atom is -0.480 e. The van der Waals surface area contributed by atoms with Crippen LogP contribution in [0.3, 0.4) is 0 Å². The number of halogens is 1. The number of carboxylic acid groups (broad SMARTS) is 1. The summed E-state index contributed by atoms with van der Waals surface area (Å²) >= 11 is 0. The van der Waals surface area contributed by atoms with Gasteiger partial charge < -0.3 is 21.1 Å². The van der Waals surface area contributed by atoms with Gasteiger partial charge in [-0.05, 0) is 63.0 Å². The van der Waals surface area contributed by atoms with E-state index in [4.69, 9.17) is 5.11 Å². The summed E-state index contributed by atoms with van der Waals surface area (Å²) in [5, 5.41) is 16.7. The van der Waals surface area contributed by atoms with Gasteiger partial charge in [0.05, 0.1) is 6.54 Å². The van der Waals surface area contributed by atoms with Gasteiger partial charge in [0.15, 0.2) is 0 Å². The molecule has 0 spiro atoms. The molecule has 0 aliphatic heterocycles. The molecule has 0 heterocycles. The highest BCUT2D eigenvalue weighted by Crippen LogP contribution is 2.55. The van der Waals surface area contributed by atoms with E-state index in [0.717, 1.165) is 0 Å². The van der Waals surface area contributed by atoms with E-state index >= 15 is 0 Å². The van der Waals surface area contributed by atoms with E-state index in [-0.39, 0.29) is 6.54 Å². The smallest absolute Gasteiger partial charge is 0.325 e. The first-order chi connectivity index (χ1) is 14.6. The maximum Gasteiger partial charge on any atom is 0.325 e. The second-order valence-corrected chi connectivity index (χ2v) is 8.63. The van der Waals surface area contributed by atoms with E-state index in [0.29, 0.717) is 44.1 Å². The van der Waals surface area contributed by atoms with E-state index < -0.39 is 46.9 Å². The number of rotatable bonds is 8. The summed E-state index contributed by atoms with van der Waals surface area (Å²) in [6, 6.07) is 6.27. The quantitative estimate of drug-likeness (QED) is 0.495. The fourth-order valence-corrected chi connectivity index (χ4v) is 4.52. The summed E-state index contributed by atoms with van der Waals surface area (Å²) in [6.07, 6.45) is 2.22. The lowest BCUT2D eigenvalue weighted by molar-refractivity contribution is -0.144. The van der Waals surface area contributed by atoms with Gasteiger partial charge in [-0.2, -0.15) is 0 Å². The lowest BCUT2D eigenvalue weighted by Gasteiger charge is -2.52. The third-order valence-electron chi connectivity index (χ3n) is 6.57. The van der Waals surface area contributed by atoms with Crippen molar-refractivity contribution in [1.82, 2.24) is 16.0 Å². The average molecular weight is 433 g/mol. The summed E-state index contributed by atoms with van der Waals surface area (Å²) in [5.41, 5.74) is -1.45. The average Bonchev–Trinajstić information content (AvgIpc) is 2.77. The van der Waals surface area contributed by atoms with E-state index in [1.54, 1.807) is 30.3 Å². The van der Waals surface area contributed by atoms with E-state index in [9.17, 15) is 23.6 Å². The zero-order valence-corrected chi connectivity index (χ0v) is 17.4. The predicted molar refractivity (Wildman–Crippen MR) is 110 cm³/mol. The van der Waals surface area contributed by atoms with Crippen molar-refractivity contribution in [3.8, 4) is 0 Å². The van der Waals surface area contributed by atoms with Crippen LogP contribution in [0.25, 0.3) is 0 Å². The highest BCUT2D eigenvalue weighted by atomic mass is 19.1. The number of hydrogen-bond donors (Lipinski definition) is 4. The zero-order valence-electron chi connectivity index (χ0n) is 17.4. The Labute approximate surface area is 180 Å². The lowest BCUT2D eigenvalue weighted by atomic mass is 9.56. The first-order valence-corrected chi connectivity index (χ1v) is 10.5. The molecule has 1 aromatic carbocycles. The Morgan fingerprint density at radius 1 is 1.00 bits per heavy atom. The lowest BCUT2D eigenvalue weighted by Crippen LogP contribution is -2.62. The number of amides is 3. The molecule has 3 aliphatic rings. The van der Waals surface area contributed by atoms with Gasteiger partial charge in [-0.15, -0.1) is 0 Å². The predicted octanol–water partition coefficient (Wildman–Crippen LogP) is 1.55. The van der Waals surface area contributed by atoms with Gasteiger partial charge in [0.2, 0.25) is 11.8 Å². The Balaban J connectivity index is 1.69. The molecule has 8 nitrogen and oxygen atoms in total. The van der Waals surface area contributed by atoms with Gasteiger partial charge in [-0.3, -0.25) is 19.2 Å². The van der Waals surface area contributed by atoms with Crippen molar-refractivity contribution in [2.75, 3.05) is 6.54 Å². The van der Waals surface area contributed by atoms with Crippen LogP contribution in [-0.2, 0) is 14.4 Å². The van der Waals surface area contributed by atoms with Gasteiger partial charge in [0, 0.05) is 5.56 Å². The third kappa shape index (κ3) is 5.21. The van der Waals surface area contributed by atoms with Gasteiger partial charge in [0.25, 0.3) is 5.91 Å². The molecule has 0 radical (unpaired) electrons. The van der Waals surface area contributed by atoms with Gasteiger partial charge in [0.1, 0.15) is 17.8 Å². The summed E-state index contributed by atoms with van der Waals surface area (Å²) in [7, 11) is 0. The number of carboxylic acids is 1. The molecule has 0 unspecified atom stereocenters. The molecule has 3 amide bonds. The molecule has 4 N–H and O–H groups in total. The Hall–Kier alpha value is -2.97. The number of aliphatic carboxylic acids is 1. The molecule has 3 fully saturated rings. The maximum atomic E-state index is 14.6. The fraction of sp³-hybridized carbons (Fsp3) is 0.545. The highest BCUT2D eigenvalue weighted by molar-refractivity contribution is 5.97. The van der Waals surface area contributed by atoms with Crippen molar-refractivity contribution in [1.29, 1.82) is 0 Å². The van der Waals surface area contributed by atoms with E-state index in [2.05, 4.69) is 16.0 Å². The summed E-state index contributed by atoms with van der Waals surface area (Å²) in [5.74, 6) is -2.79. The molecule has 0 aromatic heterocycles. The second-order valence-electron chi connectivity index (χ2n) is 8.63. The monoisotopic (exact) mass is 433 g/mol. The summed E-state index contributed by atoms with van der Waals surface area (Å²) in [6.45, 7) is 1.00.